The van der Waals surface area contributed by atoms with Gasteiger partial charge in [-0.1, -0.05) is 6.92 Å². The monoisotopic (exact) mass is 287 g/mol. The van der Waals surface area contributed by atoms with Crippen molar-refractivity contribution in [3.63, 3.8) is 0 Å². The van der Waals surface area contributed by atoms with E-state index in [1.54, 1.807) is 23.8 Å². The topological polar surface area (TPSA) is 45.5 Å². The van der Waals surface area contributed by atoms with Gasteiger partial charge in [-0.3, -0.25) is 0 Å². The molecule has 0 radical (unpaired) electrons. The zero-order valence-electron chi connectivity index (χ0n) is 11.3. The predicted octanol–water partition coefficient (Wildman–Crippen LogP) is 2.55. The van der Waals surface area contributed by atoms with Crippen LogP contribution in [0.15, 0.2) is 18.6 Å². The van der Waals surface area contributed by atoms with E-state index in [2.05, 4.69) is 15.3 Å². The van der Waals surface area contributed by atoms with E-state index < -0.39 is 12.7 Å². The highest BCUT2D eigenvalue weighted by molar-refractivity contribution is 5.66. The van der Waals surface area contributed by atoms with E-state index in [-0.39, 0.29) is 12.4 Å². The number of hydrogen-bond donors (Lipinski definition) is 1. The van der Waals surface area contributed by atoms with Crippen LogP contribution < -0.4 is 10.2 Å². The molecule has 0 aliphatic heterocycles. The Morgan fingerprint density at radius 3 is 2.75 bits per heavy atom. The van der Waals surface area contributed by atoms with Crippen molar-refractivity contribution in [1.29, 1.82) is 0 Å². The number of hydrogen-bond acceptors (Lipinski definition) is 4. The van der Waals surface area contributed by atoms with E-state index in [1.807, 2.05) is 6.92 Å². The van der Waals surface area contributed by atoms with Crippen LogP contribution in [-0.2, 0) is 0 Å². The highest BCUT2D eigenvalue weighted by Crippen LogP contribution is 2.25. The van der Waals surface area contributed by atoms with Crippen molar-refractivity contribution < 1.29 is 13.2 Å². The van der Waals surface area contributed by atoms with Crippen LogP contribution in [0.4, 0.5) is 24.8 Å². The van der Waals surface area contributed by atoms with Gasteiger partial charge in [-0.25, -0.2) is 9.97 Å². The Labute approximate surface area is 114 Å². The number of nitrogens with one attached hydrogen (secondary N) is 1. The van der Waals surface area contributed by atoms with E-state index in [9.17, 15) is 13.2 Å². The third-order valence-electron chi connectivity index (χ3n) is 2.78. The van der Waals surface area contributed by atoms with Crippen LogP contribution in [0.1, 0.15) is 13.3 Å². The number of nitrogens with zero attached hydrogens (tertiary/aromatic N) is 4. The Morgan fingerprint density at radius 2 is 2.15 bits per heavy atom. The van der Waals surface area contributed by atoms with Crippen LogP contribution in [-0.4, -0.2) is 40.7 Å². The van der Waals surface area contributed by atoms with E-state index in [0.717, 1.165) is 0 Å². The number of fused-ring (bicyclic) bond motifs is 1. The number of anilines is 2. The van der Waals surface area contributed by atoms with Crippen molar-refractivity contribution in [1.82, 2.24) is 14.4 Å². The molecule has 0 spiro atoms. The average Bonchev–Trinajstić information content (AvgIpc) is 2.83. The largest absolute Gasteiger partial charge is 0.405 e. The molecule has 0 aliphatic carbocycles. The van der Waals surface area contributed by atoms with Crippen molar-refractivity contribution in [3.05, 3.63) is 18.6 Å². The number of imidazole rings is 1. The molecule has 0 unspecified atom stereocenters. The number of rotatable bonds is 5. The number of aromatic nitrogens is 3. The van der Waals surface area contributed by atoms with Crippen LogP contribution in [0.3, 0.4) is 0 Å². The van der Waals surface area contributed by atoms with Gasteiger partial charge in [-0.2, -0.15) is 13.2 Å². The molecule has 2 aromatic rings. The first-order chi connectivity index (χ1) is 9.44. The smallest absolute Gasteiger partial charge is 0.372 e. The summed E-state index contributed by atoms with van der Waals surface area (Å²) in [5.41, 5.74) is 0.418. The van der Waals surface area contributed by atoms with Crippen molar-refractivity contribution >= 4 is 17.3 Å². The molecule has 2 heterocycles. The van der Waals surface area contributed by atoms with E-state index in [0.29, 0.717) is 17.9 Å². The molecule has 0 amide bonds. The fourth-order valence-corrected chi connectivity index (χ4v) is 1.99. The molecule has 2 aromatic heterocycles. The number of halogens is 3. The van der Waals surface area contributed by atoms with Gasteiger partial charge in [-0.05, 0) is 6.42 Å². The molecule has 0 bridgehead atoms. The van der Waals surface area contributed by atoms with Gasteiger partial charge in [0.05, 0.1) is 6.20 Å². The Balaban J connectivity index is 2.48. The molecular formula is C12H16F3N5. The minimum atomic E-state index is -4.28. The maximum Gasteiger partial charge on any atom is 0.405 e. The molecule has 1 N–H and O–H groups in total. The first-order valence-corrected chi connectivity index (χ1v) is 6.27. The van der Waals surface area contributed by atoms with Crippen LogP contribution in [0.2, 0.25) is 0 Å². The van der Waals surface area contributed by atoms with Gasteiger partial charge in [0.2, 0.25) is 0 Å². The van der Waals surface area contributed by atoms with Gasteiger partial charge in [0, 0.05) is 26.0 Å². The summed E-state index contributed by atoms with van der Waals surface area (Å²) in [6.07, 6.45) is 1.21. The second kappa shape index (κ2) is 5.56. The molecule has 5 nitrogen and oxygen atoms in total. The van der Waals surface area contributed by atoms with Crippen LogP contribution >= 0.6 is 0 Å². The minimum Gasteiger partial charge on any atom is -0.372 e. The maximum absolute atomic E-state index is 12.7. The lowest BCUT2D eigenvalue weighted by atomic mass is 10.3. The van der Waals surface area contributed by atoms with Crippen LogP contribution in [0.25, 0.3) is 5.65 Å². The summed E-state index contributed by atoms with van der Waals surface area (Å²) < 4.78 is 39.8. The predicted molar refractivity (Wildman–Crippen MR) is 71.1 cm³/mol. The summed E-state index contributed by atoms with van der Waals surface area (Å²) in [6.45, 7) is 1.06. The minimum absolute atomic E-state index is 0.237. The van der Waals surface area contributed by atoms with Crippen molar-refractivity contribution in [3.8, 4) is 0 Å². The normalized spacial score (nSPS) is 11.8. The number of alkyl halides is 3. The molecule has 0 fully saturated rings. The highest BCUT2D eigenvalue weighted by atomic mass is 19.4. The molecule has 0 saturated heterocycles. The third kappa shape index (κ3) is 3.12. The first kappa shape index (κ1) is 14.4. The van der Waals surface area contributed by atoms with E-state index >= 15 is 0 Å². The lowest BCUT2D eigenvalue weighted by Crippen LogP contribution is -2.35. The van der Waals surface area contributed by atoms with Crippen molar-refractivity contribution in [2.75, 3.05) is 30.4 Å². The van der Waals surface area contributed by atoms with Gasteiger partial charge in [0.1, 0.15) is 12.4 Å². The average molecular weight is 287 g/mol. The molecule has 110 valence electrons. The zero-order chi connectivity index (χ0) is 14.8. The second-order valence-electron chi connectivity index (χ2n) is 4.39. The first-order valence-electron chi connectivity index (χ1n) is 6.27. The molecular weight excluding hydrogens is 271 g/mol. The lowest BCUT2D eigenvalue weighted by molar-refractivity contribution is -0.119. The van der Waals surface area contributed by atoms with Crippen molar-refractivity contribution in [2.24, 2.45) is 0 Å². The summed E-state index contributed by atoms with van der Waals surface area (Å²) in [6, 6.07) is 0. The Hall–Kier alpha value is -1.99. The highest BCUT2D eigenvalue weighted by Gasteiger charge is 2.32. The SMILES string of the molecule is CCCN(CC(F)(F)F)c1nc(NC)cn2ccnc12. The van der Waals surface area contributed by atoms with E-state index in [1.165, 1.54) is 11.1 Å². The van der Waals surface area contributed by atoms with Gasteiger partial charge in [-0.15, -0.1) is 0 Å². The standard InChI is InChI=1S/C12H16F3N5/c1-3-5-20(8-12(13,14)15)11-10-17-4-6-19(10)7-9(16-2)18-11/h4,6-7,16H,3,5,8H2,1-2H3. The third-order valence-corrected chi connectivity index (χ3v) is 2.78. The van der Waals surface area contributed by atoms with Gasteiger partial charge < -0.3 is 14.6 Å². The molecule has 8 heteroatoms. The van der Waals surface area contributed by atoms with Gasteiger partial charge in [0.25, 0.3) is 0 Å². The Morgan fingerprint density at radius 1 is 1.40 bits per heavy atom. The molecule has 0 saturated carbocycles. The quantitative estimate of drug-likeness (QED) is 0.918. The van der Waals surface area contributed by atoms with Crippen LogP contribution in [0.5, 0.6) is 0 Å². The molecule has 2 rings (SSSR count). The molecule has 20 heavy (non-hydrogen) atoms. The van der Waals surface area contributed by atoms with Gasteiger partial charge in [0.15, 0.2) is 11.5 Å². The van der Waals surface area contributed by atoms with Gasteiger partial charge >= 0.3 is 6.18 Å². The van der Waals surface area contributed by atoms with E-state index in [4.69, 9.17) is 0 Å². The maximum atomic E-state index is 12.7. The zero-order valence-corrected chi connectivity index (χ0v) is 11.3. The molecule has 0 atom stereocenters. The van der Waals surface area contributed by atoms with Crippen LogP contribution in [0, 0.1) is 0 Å². The summed E-state index contributed by atoms with van der Waals surface area (Å²) in [4.78, 5) is 9.53. The lowest BCUT2D eigenvalue weighted by Gasteiger charge is -2.25. The second-order valence-corrected chi connectivity index (χ2v) is 4.39. The molecule has 0 aromatic carbocycles. The Bertz CT molecular complexity index is 578. The fourth-order valence-electron chi connectivity index (χ4n) is 1.99. The summed E-state index contributed by atoms with van der Waals surface area (Å²) >= 11 is 0. The summed E-state index contributed by atoms with van der Waals surface area (Å²) in [7, 11) is 1.67. The summed E-state index contributed by atoms with van der Waals surface area (Å²) in [5.74, 6) is 0.731. The fraction of sp³-hybridized carbons (Fsp3) is 0.500. The molecule has 0 aliphatic rings. The summed E-state index contributed by atoms with van der Waals surface area (Å²) in [5, 5.41) is 2.84. The Kier molecular flexibility index (Phi) is 4.01. The van der Waals surface area contributed by atoms with Crippen molar-refractivity contribution in [2.45, 2.75) is 19.5 Å².